The van der Waals surface area contributed by atoms with Gasteiger partial charge in [-0.3, -0.25) is 0 Å². The molecule has 0 unspecified atom stereocenters. The van der Waals surface area contributed by atoms with Gasteiger partial charge in [-0.1, -0.05) is 45.0 Å². The van der Waals surface area contributed by atoms with Gasteiger partial charge in [-0.05, 0) is 40.7 Å². The third-order valence-corrected chi connectivity index (χ3v) is 3.66. The van der Waals surface area contributed by atoms with Gasteiger partial charge < -0.3 is 5.73 Å². The van der Waals surface area contributed by atoms with E-state index in [0.717, 1.165) is 12.0 Å². The quantitative estimate of drug-likeness (QED) is 0.880. The highest BCUT2D eigenvalue weighted by atomic mass is 14.8. The minimum absolute atomic E-state index is 0.232. The van der Waals surface area contributed by atoms with Crippen molar-refractivity contribution in [1.29, 1.82) is 0 Å². The second-order valence-corrected chi connectivity index (χ2v) is 5.28. The fourth-order valence-corrected chi connectivity index (χ4v) is 1.95. The van der Waals surface area contributed by atoms with Crippen molar-refractivity contribution in [2.45, 2.75) is 32.6 Å². The standard InChI is InChI=1S/C16H20N2/c1-4-16(2,3)14-7-5-12(6-8-14)13-9-10-18-15(17)11-13/h5-11H,4H2,1-3H3,(H2,17,18). The number of hydrogen-bond donors (Lipinski definition) is 1. The smallest absolute Gasteiger partial charge is 0.123 e. The Morgan fingerprint density at radius 2 is 1.72 bits per heavy atom. The van der Waals surface area contributed by atoms with Crippen LogP contribution >= 0.6 is 0 Å². The Bertz CT molecular complexity index is 527. The van der Waals surface area contributed by atoms with Gasteiger partial charge >= 0.3 is 0 Å². The highest BCUT2D eigenvalue weighted by Gasteiger charge is 2.17. The first kappa shape index (κ1) is 12.6. The zero-order valence-corrected chi connectivity index (χ0v) is 11.3. The van der Waals surface area contributed by atoms with Crippen LogP contribution in [0.3, 0.4) is 0 Å². The van der Waals surface area contributed by atoms with E-state index in [1.165, 1.54) is 11.1 Å². The molecule has 0 saturated carbocycles. The lowest BCUT2D eigenvalue weighted by molar-refractivity contribution is 0.506. The largest absolute Gasteiger partial charge is 0.384 e. The molecule has 0 fully saturated rings. The highest BCUT2D eigenvalue weighted by molar-refractivity contribution is 5.66. The van der Waals surface area contributed by atoms with Gasteiger partial charge in [0.1, 0.15) is 5.82 Å². The molecule has 0 aliphatic rings. The van der Waals surface area contributed by atoms with E-state index in [2.05, 4.69) is 50.0 Å². The van der Waals surface area contributed by atoms with Gasteiger partial charge in [0, 0.05) is 6.20 Å². The van der Waals surface area contributed by atoms with Crippen molar-refractivity contribution in [3.8, 4) is 11.1 Å². The Balaban J connectivity index is 2.33. The fraction of sp³-hybridized carbons (Fsp3) is 0.312. The Kier molecular flexibility index (Phi) is 3.37. The van der Waals surface area contributed by atoms with Gasteiger partial charge in [0.2, 0.25) is 0 Å². The van der Waals surface area contributed by atoms with Gasteiger partial charge in [-0.25, -0.2) is 4.98 Å². The molecular formula is C16H20N2. The molecule has 94 valence electrons. The molecule has 2 N–H and O–H groups in total. The van der Waals surface area contributed by atoms with Crippen LogP contribution < -0.4 is 5.73 Å². The maximum Gasteiger partial charge on any atom is 0.123 e. The summed E-state index contributed by atoms with van der Waals surface area (Å²) in [4.78, 5) is 4.01. The molecule has 2 nitrogen and oxygen atoms in total. The highest BCUT2D eigenvalue weighted by Crippen LogP contribution is 2.29. The Hall–Kier alpha value is -1.83. The van der Waals surface area contributed by atoms with E-state index < -0.39 is 0 Å². The first-order valence-corrected chi connectivity index (χ1v) is 6.35. The molecule has 0 spiro atoms. The maximum absolute atomic E-state index is 5.71. The Labute approximate surface area is 109 Å². The van der Waals surface area contributed by atoms with Gasteiger partial charge in [0.15, 0.2) is 0 Å². The summed E-state index contributed by atoms with van der Waals surface area (Å²) in [5.41, 5.74) is 9.60. The van der Waals surface area contributed by atoms with Gasteiger partial charge in [0.05, 0.1) is 0 Å². The number of nitrogens with zero attached hydrogens (tertiary/aromatic N) is 1. The molecule has 0 radical (unpaired) electrons. The summed E-state index contributed by atoms with van der Waals surface area (Å²) in [6.07, 6.45) is 2.88. The molecule has 18 heavy (non-hydrogen) atoms. The molecule has 2 rings (SSSR count). The summed E-state index contributed by atoms with van der Waals surface area (Å²) >= 11 is 0. The minimum atomic E-state index is 0.232. The lowest BCUT2D eigenvalue weighted by Crippen LogP contribution is -2.14. The van der Waals surface area contributed by atoms with Crippen molar-refractivity contribution in [1.82, 2.24) is 4.98 Å². The van der Waals surface area contributed by atoms with E-state index in [-0.39, 0.29) is 5.41 Å². The third kappa shape index (κ3) is 2.53. The molecule has 1 heterocycles. The number of rotatable bonds is 3. The number of nitrogen functional groups attached to an aromatic ring is 1. The molecule has 2 heteroatoms. The van der Waals surface area contributed by atoms with Crippen molar-refractivity contribution in [3.05, 3.63) is 48.2 Å². The summed E-state index contributed by atoms with van der Waals surface area (Å²) < 4.78 is 0. The van der Waals surface area contributed by atoms with E-state index in [9.17, 15) is 0 Å². The van der Waals surface area contributed by atoms with Crippen molar-refractivity contribution in [2.75, 3.05) is 5.73 Å². The normalized spacial score (nSPS) is 11.5. The number of hydrogen-bond acceptors (Lipinski definition) is 2. The number of aromatic nitrogens is 1. The molecule has 0 aliphatic heterocycles. The van der Waals surface area contributed by atoms with Crippen LogP contribution in [0, 0.1) is 0 Å². The monoisotopic (exact) mass is 240 g/mol. The van der Waals surface area contributed by atoms with Crippen LogP contribution in [0.4, 0.5) is 5.82 Å². The molecule has 1 aromatic heterocycles. The van der Waals surface area contributed by atoms with Crippen LogP contribution in [-0.4, -0.2) is 4.98 Å². The van der Waals surface area contributed by atoms with Crippen LogP contribution in [0.15, 0.2) is 42.6 Å². The molecule has 1 aromatic carbocycles. The van der Waals surface area contributed by atoms with Crippen molar-refractivity contribution in [3.63, 3.8) is 0 Å². The fourth-order valence-electron chi connectivity index (χ4n) is 1.95. The van der Waals surface area contributed by atoms with Crippen molar-refractivity contribution in [2.24, 2.45) is 0 Å². The third-order valence-electron chi connectivity index (χ3n) is 3.66. The van der Waals surface area contributed by atoms with Crippen LogP contribution in [0.5, 0.6) is 0 Å². The van der Waals surface area contributed by atoms with Crippen LogP contribution in [0.2, 0.25) is 0 Å². The van der Waals surface area contributed by atoms with Crippen molar-refractivity contribution >= 4 is 5.82 Å². The second kappa shape index (κ2) is 4.81. The predicted molar refractivity (Wildman–Crippen MR) is 77.4 cm³/mol. The minimum Gasteiger partial charge on any atom is -0.384 e. The average molecular weight is 240 g/mol. The summed E-state index contributed by atoms with van der Waals surface area (Å²) in [6.45, 7) is 6.76. The van der Waals surface area contributed by atoms with Crippen LogP contribution in [0.1, 0.15) is 32.8 Å². The first-order valence-electron chi connectivity index (χ1n) is 6.35. The topological polar surface area (TPSA) is 38.9 Å². The maximum atomic E-state index is 5.71. The zero-order chi connectivity index (χ0) is 13.2. The van der Waals surface area contributed by atoms with Gasteiger partial charge in [0.25, 0.3) is 0 Å². The van der Waals surface area contributed by atoms with Gasteiger partial charge in [-0.2, -0.15) is 0 Å². The predicted octanol–water partition coefficient (Wildman–Crippen LogP) is 4.02. The lowest BCUT2D eigenvalue weighted by Gasteiger charge is -2.23. The number of benzene rings is 1. The first-order chi connectivity index (χ1) is 8.53. The molecule has 0 aliphatic carbocycles. The van der Waals surface area contributed by atoms with Gasteiger partial charge in [-0.15, -0.1) is 0 Å². The van der Waals surface area contributed by atoms with Crippen LogP contribution in [-0.2, 0) is 5.41 Å². The summed E-state index contributed by atoms with van der Waals surface area (Å²) in [7, 11) is 0. The molecule has 0 atom stereocenters. The van der Waals surface area contributed by atoms with Crippen molar-refractivity contribution < 1.29 is 0 Å². The number of nitrogens with two attached hydrogens (primary N) is 1. The van der Waals surface area contributed by atoms with E-state index in [4.69, 9.17) is 5.73 Å². The van der Waals surface area contributed by atoms with E-state index in [1.807, 2.05) is 12.1 Å². The SMILES string of the molecule is CCC(C)(C)c1ccc(-c2ccnc(N)c2)cc1. The molecule has 0 amide bonds. The summed E-state index contributed by atoms with van der Waals surface area (Å²) in [5, 5.41) is 0. The van der Waals surface area contributed by atoms with Crippen LogP contribution in [0.25, 0.3) is 11.1 Å². The zero-order valence-electron chi connectivity index (χ0n) is 11.3. The molecule has 0 bridgehead atoms. The second-order valence-electron chi connectivity index (χ2n) is 5.28. The Morgan fingerprint density at radius 1 is 1.06 bits per heavy atom. The average Bonchev–Trinajstić information content (AvgIpc) is 2.39. The Morgan fingerprint density at radius 3 is 2.28 bits per heavy atom. The van der Waals surface area contributed by atoms with E-state index in [1.54, 1.807) is 6.20 Å². The molecular weight excluding hydrogens is 220 g/mol. The number of anilines is 1. The molecule has 0 saturated heterocycles. The lowest BCUT2D eigenvalue weighted by atomic mass is 9.82. The van der Waals surface area contributed by atoms with E-state index >= 15 is 0 Å². The molecule has 2 aromatic rings. The summed E-state index contributed by atoms with van der Waals surface area (Å²) in [5.74, 6) is 0.561. The van der Waals surface area contributed by atoms with E-state index in [0.29, 0.717) is 5.82 Å². The summed E-state index contributed by atoms with van der Waals surface area (Å²) in [6, 6.07) is 12.6. The number of pyridine rings is 1.